The molecule has 0 saturated heterocycles. The van der Waals surface area contributed by atoms with Crippen molar-refractivity contribution in [1.29, 1.82) is 0 Å². The lowest BCUT2D eigenvalue weighted by atomic mass is 10.0. The van der Waals surface area contributed by atoms with Gasteiger partial charge in [0.1, 0.15) is 5.75 Å². The lowest BCUT2D eigenvalue weighted by Gasteiger charge is -2.22. The van der Waals surface area contributed by atoms with Crippen molar-refractivity contribution in [1.82, 2.24) is 5.01 Å². The van der Waals surface area contributed by atoms with Crippen LogP contribution in [0.15, 0.2) is 34.4 Å². The van der Waals surface area contributed by atoms with E-state index < -0.39 is 0 Å². The van der Waals surface area contributed by atoms with Gasteiger partial charge in [0.05, 0.1) is 18.9 Å². The van der Waals surface area contributed by atoms with E-state index in [4.69, 9.17) is 4.74 Å². The molecule has 1 atom stereocenters. The molecule has 0 fully saturated rings. The van der Waals surface area contributed by atoms with Gasteiger partial charge in [0.25, 0.3) is 5.91 Å². The summed E-state index contributed by atoms with van der Waals surface area (Å²) >= 11 is 1.45. The summed E-state index contributed by atoms with van der Waals surface area (Å²) in [6.45, 7) is 2.00. The van der Waals surface area contributed by atoms with Crippen LogP contribution in [0.2, 0.25) is 0 Å². The van der Waals surface area contributed by atoms with Crippen molar-refractivity contribution < 1.29 is 9.53 Å². The average Bonchev–Trinajstić information content (AvgIpc) is 3.05. The Kier molecular flexibility index (Phi) is 3.48. The molecular formula is C14H15N3O2S. The molecule has 20 heavy (non-hydrogen) atoms. The number of rotatable bonds is 2. The highest BCUT2D eigenvalue weighted by atomic mass is 32.2. The summed E-state index contributed by atoms with van der Waals surface area (Å²) in [4.78, 5) is 15.4. The normalized spacial score (nSPS) is 22.0. The minimum absolute atomic E-state index is 0.0850. The lowest BCUT2D eigenvalue weighted by Crippen LogP contribution is -2.23. The maximum absolute atomic E-state index is 11.3. The number of methoxy groups -OCH3 is 1. The van der Waals surface area contributed by atoms with Gasteiger partial charge in [-0.1, -0.05) is 23.9 Å². The Bertz CT molecular complexity index is 595. The molecule has 1 aromatic carbocycles. The molecule has 6 heteroatoms. The van der Waals surface area contributed by atoms with Crippen LogP contribution in [0.5, 0.6) is 5.75 Å². The third-order valence-electron chi connectivity index (χ3n) is 3.30. The van der Waals surface area contributed by atoms with Crippen molar-refractivity contribution in [2.24, 2.45) is 10.1 Å². The zero-order valence-corrected chi connectivity index (χ0v) is 12.2. The van der Waals surface area contributed by atoms with Crippen molar-refractivity contribution in [2.75, 3.05) is 12.9 Å². The fourth-order valence-corrected chi connectivity index (χ4v) is 3.12. The number of hydrazone groups is 1. The molecule has 5 nitrogen and oxygen atoms in total. The molecule has 1 unspecified atom stereocenters. The number of hydrogen-bond acceptors (Lipinski definition) is 5. The summed E-state index contributed by atoms with van der Waals surface area (Å²) in [5, 5.41) is 7.09. The van der Waals surface area contributed by atoms with E-state index in [-0.39, 0.29) is 11.9 Å². The Hall–Kier alpha value is -1.82. The lowest BCUT2D eigenvalue weighted by molar-refractivity contribution is -0.115. The third kappa shape index (κ3) is 2.43. The molecule has 1 amide bonds. The minimum Gasteiger partial charge on any atom is -0.497 e. The van der Waals surface area contributed by atoms with E-state index in [1.165, 1.54) is 11.8 Å². The van der Waals surface area contributed by atoms with E-state index in [1.807, 2.05) is 36.2 Å². The van der Waals surface area contributed by atoms with Crippen molar-refractivity contribution in [3.63, 3.8) is 0 Å². The Morgan fingerprint density at radius 1 is 1.35 bits per heavy atom. The highest BCUT2D eigenvalue weighted by Crippen LogP contribution is 2.35. The van der Waals surface area contributed by atoms with E-state index in [9.17, 15) is 4.79 Å². The van der Waals surface area contributed by atoms with Crippen LogP contribution in [-0.2, 0) is 4.79 Å². The first kappa shape index (κ1) is 13.2. The number of nitrogens with zero attached hydrogens (tertiary/aromatic N) is 3. The number of amidine groups is 1. The molecule has 0 spiro atoms. The first-order valence-electron chi connectivity index (χ1n) is 6.39. The maximum Gasteiger partial charge on any atom is 0.258 e. The molecule has 0 N–H and O–H groups in total. The summed E-state index contributed by atoms with van der Waals surface area (Å²) in [7, 11) is 1.65. The summed E-state index contributed by atoms with van der Waals surface area (Å²) in [5.74, 6) is 1.16. The Morgan fingerprint density at radius 2 is 2.10 bits per heavy atom. The predicted molar refractivity (Wildman–Crippen MR) is 80.2 cm³/mol. The molecule has 0 saturated carbocycles. The van der Waals surface area contributed by atoms with Gasteiger partial charge in [-0.3, -0.25) is 4.79 Å². The summed E-state index contributed by atoms with van der Waals surface area (Å²) in [5.41, 5.74) is 2.20. The third-order valence-corrected chi connectivity index (χ3v) is 4.23. The van der Waals surface area contributed by atoms with Gasteiger partial charge < -0.3 is 4.74 Å². The smallest absolute Gasteiger partial charge is 0.258 e. The molecule has 0 bridgehead atoms. The van der Waals surface area contributed by atoms with Crippen molar-refractivity contribution >= 4 is 28.5 Å². The van der Waals surface area contributed by atoms with Gasteiger partial charge in [-0.25, -0.2) is 5.01 Å². The standard InChI is InChI=1S/C14H15N3O2S/c1-9-7-12(10-3-5-11(19-2)6-4-10)17(16-9)14-15-13(18)8-20-14/h3-6,12H,7-8H2,1-2H3. The molecule has 1 aromatic rings. The van der Waals surface area contributed by atoms with Crippen LogP contribution in [0, 0.1) is 0 Å². The molecule has 3 rings (SSSR count). The zero-order valence-electron chi connectivity index (χ0n) is 11.4. The summed E-state index contributed by atoms with van der Waals surface area (Å²) in [6, 6.07) is 8.06. The number of aliphatic imine (C=N–C) groups is 1. The summed E-state index contributed by atoms with van der Waals surface area (Å²) in [6.07, 6.45) is 0.847. The zero-order chi connectivity index (χ0) is 14.1. The average molecular weight is 289 g/mol. The Labute approximate surface area is 121 Å². The molecule has 0 aliphatic carbocycles. The van der Waals surface area contributed by atoms with Crippen LogP contribution in [0.3, 0.4) is 0 Å². The SMILES string of the molecule is COc1ccc(C2CC(C)=NN2C2=NC(=O)CS2)cc1. The highest BCUT2D eigenvalue weighted by molar-refractivity contribution is 8.14. The number of amides is 1. The van der Waals surface area contributed by atoms with Crippen molar-refractivity contribution in [2.45, 2.75) is 19.4 Å². The Balaban J connectivity index is 1.88. The molecule has 0 radical (unpaired) electrons. The van der Waals surface area contributed by atoms with Gasteiger partial charge in [0.2, 0.25) is 0 Å². The summed E-state index contributed by atoms with van der Waals surface area (Å²) < 4.78 is 5.18. The van der Waals surface area contributed by atoms with Crippen molar-refractivity contribution in [3.05, 3.63) is 29.8 Å². The fraction of sp³-hybridized carbons (Fsp3) is 0.357. The molecule has 2 aliphatic heterocycles. The quantitative estimate of drug-likeness (QED) is 0.839. The van der Waals surface area contributed by atoms with Gasteiger partial charge in [-0.05, 0) is 24.6 Å². The van der Waals surface area contributed by atoms with Gasteiger partial charge in [0, 0.05) is 12.1 Å². The first-order valence-corrected chi connectivity index (χ1v) is 7.37. The van der Waals surface area contributed by atoms with Gasteiger partial charge in [-0.15, -0.1) is 0 Å². The van der Waals surface area contributed by atoms with E-state index in [0.717, 1.165) is 23.4 Å². The van der Waals surface area contributed by atoms with E-state index in [1.54, 1.807) is 7.11 Å². The topological polar surface area (TPSA) is 54.3 Å². The van der Waals surface area contributed by atoms with Crippen LogP contribution in [0.4, 0.5) is 0 Å². The van der Waals surface area contributed by atoms with Crippen LogP contribution < -0.4 is 4.74 Å². The molecule has 2 heterocycles. The molecule has 104 valence electrons. The van der Waals surface area contributed by atoms with Crippen LogP contribution in [-0.4, -0.2) is 34.7 Å². The fourth-order valence-electron chi connectivity index (χ4n) is 2.34. The number of carbonyl (C=O) groups is 1. The van der Waals surface area contributed by atoms with Crippen LogP contribution in [0.1, 0.15) is 24.9 Å². The number of benzene rings is 1. The van der Waals surface area contributed by atoms with Crippen LogP contribution >= 0.6 is 11.8 Å². The van der Waals surface area contributed by atoms with Gasteiger partial charge in [0.15, 0.2) is 5.17 Å². The number of hydrogen-bond donors (Lipinski definition) is 0. The molecular weight excluding hydrogens is 274 g/mol. The van der Waals surface area contributed by atoms with E-state index in [2.05, 4.69) is 10.1 Å². The second-order valence-electron chi connectivity index (χ2n) is 4.75. The molecule has 0 aromatic heterocycles. The first-order chi connectivity index (χ1) is 9.67. The van der Waals surface area contributed by atoms with Gasteiger partial charge >= 0.3 is 0 Å². The van der Waals surface area contributed by atoms with E-state index in [0.29, 0.717) is 10.9 Å². The van der Waals surface area contributed by atoms with E-state index >= 15 is 0 Å². The number of ether oxygens (including phenoxy) is 1. The Morgan fingerprint density at radius 3 is 2.70 bits per heavy atom. The second kappa shape index (κ2) is 5.28. The highest BCUT2D eigenvalue weighted by Gasteiger charge is 2.32. The largest absolute Gasteiger partial charge is 0.497 e. The predicted octanol–water partition coefficient (Wildman–Crippen LogP) is 2.45. The van der Waals surface area contributed by atoms with Crippen molar-refractivity contribution in [3.8, 4) is 5.75 Å². The van der Waals surface area contributed by atoms with Gasteiger partial charge in [-0.2, -0.15) is 10.1 Å². The monoisotopic (exact) mass is 289 g/mol. The second-order valence-corrected chi connectivity index (χ2v) is 5.69. The number of thioether (sulfide) groups is 1. The minimum atomic E-state index is -0.0850. The maximum atomic E-state index is 11.3. The number of carbonyl (C=O) groups excluding carboxylic acids is 1. The van der Waals surface area contributed by atoms with Crippen LogP contribution in [0.25, 0.3) is 0 Å². The molecule has 2 aliphatic rings.